The lowest BCUT2D eigenvalue weighted by Crippen LogP contribution is -2.41. The number of fused-ring (bicyclic) bond motifs is 1. The zero-order valence-corrected chi connectivity index (χ0v) is 8.25. The van der Waals surface area contributed by atoms with Crippen molar-refractivity contribution in [1.82, 2.24) is 0 Å². The van der Waals surface area contributed by atoms with Crippen molar-refractivity contribution in [3.8, 4) is 0 Å². The van der Waals surface area contributed by atoms with Crippen molar-refractivity contribution < 1.29 is 0 Å². The van der Waals surface area contributed by atoms with Gasteiger partial charge in [-0.05, 0) is 26.0 Å². The van der Waals surface area contributed by atoms with Gasteiger partial charge in [0.1, 0.15) is 0 Å². The highest BCUT2D eigenvalue weighted by molar-refractivity contribution is 5.72. The summed E-state index contributed by atoms with van der Waals surface area (Å²) in [5, 5.41) is 3.44. The van der Waals surface area contributed by atoms with Crippen LogP contribution in [0, 0.1) is 0 Å². The monoisotopic (exact) mass is 176 g/mol. The summed E-state index contributed by atoms with van der Waals surface area (Å²) in [5.41, 5.74) is 2.60. The SMILES string of the molecule is CCN1c2ccccc2NC[C@H]1C. The number of anilines is 2. The normalized spacial score (nSPS) is 20.8. The first-order valence-electron chi connectivity index (χ1n) is 4.92. The third-order valence-corrected chi connectivity index (χ3v) is 2.67. The van der Waals surface area contributed by atoms with Crippen molar-refractivity contribution in [3.05, 3.63) is 24.3 Å². The fourth-order valence-electron chi connectivity index (χ4n) is 1.96. The van der Waals surface area contributed by atoms with Crippen LogP contribution in [0.5, 0.6) is 0 Å². The smallest absolute Gasteiger partial charge is 0.0604 e. The minimum Gasteiger partial charge on any atom is -0.381 e. The molecular formula is C11H16N2. The predicted molar refractivity (Wildman–Crippen MR) is 57.4 cm³/mol. The van der Waals surface area contributed by atoms with Crippen LogP contribution in [-0.4, -0.2) is 19.1 Å². The van der Waals surface area contributed by atoms with E-state index in [-0.39, 0.29) is 0 Å². The maximum Gasteiger partial charge on any atom is 0.0604 e. The first kappa shape index (κ1) is 8.42. The van der Waals surface area contributed by atoms with E-state index in [0.717, 1.165) is 13.1 Å². The van der Waals surface area contributed by atoms with Crippen LogP contribution in [-0.2, 0) is 0 Å². The molecule has 1 heterocycles. The van der Waals surface area contributed by atoms with Crippen molar-refractivity contribution in [3.63, 3.8) is 0 Å². The number of hydrogen-bond donors (Lipinski definition) is 1. The van der Waals surface area contributed by atoms with Crippen LogP contribution in [0.3, 0.4) is 0 Å². The molecule has 2 heteroatoms. The summed E-state index contributed by atoms with van der Waals surface area (Å²) in [7, 11) is 0. The number of nitrogens with zero attached hydrogens (tertiary/aromatic N) is 1. The second-order valence-electron chi connectivity index (χ2n) is 3.53. The average Bonchev–Trinajstić information content (AvgIpc) is 2.18. The van der Waals surface area contributed by atoms with E-state index in [9.17, 15) is 0 Å². The van der Waals surface area contributed by atoms with E-state index in [2.05, 4.69) is 48.3 Å². The molecule has 2 rings (SSSR count). The van der Waals surface area contributed by atoms with Gasteiger partial charge >= 0.3 is 0 Å². The molecule has 0 aromatic heterocycles. The molecule has 1 aliphatic rings. The van der Waals surface area contributed by atoms with Crippen molar-refractivity contribution >= 4 is 11.4 Å². The fourth-order valence-corrected chi connectivity index (χ4v) is 1.96. The first-order valence-corrected chi connectivity index (χ1v) is 4.92. The number of rotatable bonds is 1. The molecule has 0 saturated heterocycles. The molecule has 0 radical (unpaired) electrons. The summed E-state index contributed by atoms with van der Waals surface area (Å²) in [4.78, 5) is 2.44. The topological polar surface area (TPSA) is 15.3 Å². The molecule has 0 bridgehead atoms. The lowest BCUT2D eigenvalue weighted by molar-refractivity contribution is 0.659. The third kappa shape index (κ3) is 1.37. The van der Waals surface area contributed by atoms with E-state index in [4.69, 9.17) is 0 Å². The molecule has 0 saturated carbocycles. The Labute approximate surface area is 79.6 Å². The lowest BCUT2D eigenvalue weighted by atomic mass is 10.1. The van der Waals surface area contributed by atoms with Crippen LogP contribution >= 0.6 is 0 Å². The van der Waals surface area contributed by atoms with Crippen LogP contribution < -0.4 is 10.2 Å². The molecular weight excluding hydrogens is 160 g/mol. The van der Waals surface area contributed by atoms with Gasteiger partial charge in [-0.15, -0.1) is 0 Å². The van der Waals surface area contributed by atoms with Crippen LogP contribution in [0.25, 0.3) is 0 Å². The summed E-state index contributed by atoms with van der Waals surface area (Å²) in [5.74, 6) is 0. The largest absolute Gasteiger partial charge is 0.381 e. The molecule has 0 amide bonds. The highest BCUT2D eigenvalue weighted by atomic mass is 15.2. The summed E-state index contributed by atoms with van der Waals surface area (Å²) in [6.45, 7) is 6.59. The Bertz CT molecular complexity index is 296. The lowest BCUT2D eigenvalue weighted by Gasteiger charge is -2.36. The number of hydrogen-bond acceptors (Lipinski definition) is 2. The molecule has 0 unspecified atom stereocenters. The van der Waals surface area contributed by atoms with E-state index in [1.165, 1.54) is 11.4 Å². The Morgan fingerprint density at radius 3 is 3.00 bits per heavy atom. The van der Waals surface area contributed by atoms with Crippen molar-refractivity contribution in [2.45, 2.75) is 19.9 Å². The van der Waals surface area contributed by atoms with Crippen LogP contribution in [0.4, 0.5) is 11.4 Å². The van der Waals surface area contributed by atoms with E-state index in [1.807, 2.05) is 0 Å². The summed E-state index contributed by atoms with van der Waals surface area (Å²) < 4.78 is 0. The van der Waals surface area contributed by atoms with Gasteiger partial charge in [0, 0.05) is 19.1 Å². The Morgan fingerprint density at radius 1 is 1.46 bits per heavy atom. The standard InChI is InChI=1S/C11H16N2/c1-3-13-9(2)8-12-10-6-4-5-7-11(10)13/h4-7,9,12H,3,8H2,1-2H3/t9-/m1/s1. The molecule has 0 aliphatic carbocycles. The van der Waals surface area contributed by atoms with Crippen molar-refractivity contribution in [2.24, 2.45) is 0 Å². The van der Waals surface area contributed by atoms with E-state index < -0.39 is 0 Å². The van der Waals surface area contributed by atoms with Crippen molar-refractivity contribution in [2.75, 3.05) is 23.3 Å². The molecule has 70 valence electrons. The molecule has 13 heavy (non-hydrogen) atoms. The van der Waals surface area contributed by atoms with Gasteiger partial charge in [-0.25, -0.2) is 0 Å². The minimum absolute atomic E-state index is 0.597. The third-order valence-electron chi connectivity index (χ3n) is 2.67. The maximum atomic E-state index is 3.44. The first-order chi connectivity index (χ1) is 6.33. The van der Waals surface area contributed by atoms with Gasteiger partial charge in [-0.3, -0.25) is 0 Å². The quantitative estimate of drug-likeness (QED) is 0.706. The van der Waals surface area contributed by atoms with Gasteiger partial charge < -0.3 is 10.2 Å². The molecule has 1 atom stereocenters. The van der Waals surface area contributed by atoms with E-state index in [1.54, 1.807) is 0 Å². The Morgan fingerprint density at radius 2 is 2.23 bits per heavy atom. The number of nitrogens with one attached hydrogen (secondary N) is 1. The average molecular weight is 176 g/mol. The maximum absolute atomic E-state index is 3.44. The second-order valence-corrected chi connectivity index (χ2v) is 3.53. The zero-order valence-electron chi connectivity index (χ0n) is 8.25. The van der Waals surface area contributed by atoms with Gasteiger partial charge in [0.15, 0.2) is 0 Å². The Balaban J connectivity index is 2.39. The molecule has 2 nitrogen and oxygen atoms in total. The second kappa shape index (κ2) is 3.29. The summed E-state index contributed by atoms with van der Waals surface area (Å²) in [6.07, 6.45) is 0. The molecule has 1 aromatic rings. The molecule has 0 spiro atoms. The molecule has 1 aliphatic heterocycles. The Hall–Kier alpha value is -1.18. The van der Waals surface area contributed by atoms with E-state index >= 15 is 0 Å². The fraction of sp³-hybridized carbons (Fsp3) is 0.455. The van der Waals surface area contributed by atoms with Crippen LogP contribution in [0.15, 0.2) is 24.3 Å². The van der Waals surface area contributed by atoms with Crippen LogP contribution in [0.1, 0.15) is 13.8 Å². The number of para-hydroxylation sites is 2. The van der Waals surface area contributed by atoms with Gasteiger partial charge in [-0.2, -0.15) is 0 Å². The summed E-state index contributed by atoms with van der Waals surface area (Å²) in [6, 6.07) is 9.10. The van der Waals surface area contributed by atoms with Crippen LogP contribution in [0.2, 0.25) is 0 Å². The zero-order chi connectivity index (χ0) is 9.26. The number of likely N-dealkylation sites (N-methyl/N-ethyl adjacent to an activating group) is 1. The predicted octanol–water partition coefficient (Wildman–Crippen LogP) is 2.33. The van der Waals surface area contributed by atoms with Gasteiger partial charge in [0.25, 0.3) is 0 Å². The highest BCUT2D eigenvalue weighted by Crippen LogP contribution is 2.30. The molecule has 0 fully saturated rings. The number of benzene rings is 1. The summed E-state index contributed by atoms with van der Waals surface area (Å²) >= 11 is 0. The molecule has 1 aromatic carbocycles. The van der Waals surface area contributed by atoms with Crippen molar-refractivity contribution in [1.29, 1.82) is 0 Å². The minimum atomic E-state index is 0.597. The molecule has 1 N–H and O–H groups in total. The highest BCUT2D eigenvalue weighted by Gasteiger charge is 2.19. The van der Waals surface area contributed by atoms with Gasteiger partial charge in [-0.1, -0.05) is 12.1 Å². The van der Waals surface area contributed by atoms with Gasteiger partial charge in [0.2, 0.25) is 0 Å². The van der Waals surface area contributed by atoms with Gasteiger partial charge in [0.05, 0.1) is 11.4 Å². The Kier molecular flexibility index (Phi) is 2.13. The van der Waals surface area contributed by atoms with E-state index in [0.29, 0.717) is 6.04 Å².